The maximum atomic E-state index is 12.0. The van der Waals surface area contributed by atoms with Crippen molar-refractivity contribution in [2.24, 2.45) is 0 Å². The zero-order chi connectivity index (χ0) is 15.5. The van der Waals surface area contributed by atoms with E-state index in [1.54, 1.807) is 0 Å². The number of nitrogens with zero attached hydrogens (tertiary/aromatic N) is 1. The van der Waals surface area contributed by atoms with Crippen LogP contribution in [0.5, 0.6) is 5.75 Å². The number of hydrogen-bond acceptors (Lipinski definition) is 3. The maximum absolute atomic E-state index is 12.0. The van der Waals surface area contributed by atoms with Gasteiger partial charge in [-0.2, -0.15) is 0 Å². The van der Waals surface area contributed by atoms with Gasteiger partial charge in [0.1, 0.15) is 5.75 Å². The van der Waals surface area contributed by atoms with Crippen LogP contribution in [-0.2, 0) is 4.79 Å². The lowest BCUT2D eigenvalue weighted by atomic mass is 10.2. The summed E-state index contributed by atoms with van der Waals surface area (Å²) in [5.74, 6) is 0.827. The highest BCUT2D eigenvalue weighted by Gasteiger charge is 2.07. The van der Waals surface area contributed by atoms with Crippen molar-refractivity contribution in [1.29, 1.82) is 0 Å². The topological polar surface area (TPSA) is 41.6 Å². The van der Waals surface area contributed by atoms with Crippen molar-refractivity contribution in [3.05, 3.63) is 24.3 Å². The standard InChI is InChI=1S/C17H28N2O2.ClH/c1-4-7-8-12-21-16-11-9-10-15(13-16)18-17(20)14-19(5-2)6-3;/h9-11,13H,4-8,12,14H2,1-3H3,(H,18,20);1H. The van der Waals surface area contributed by atoms with E-state index >= 15 is 0 Å². The van der Waals surface area contributed by atoms with E-state index in [-0.39, 0.29) is 18.3 Å². The molecule has 0 unspecified atom stereocenters. The summed E-state index contributed by atoms with van der Waals surface area (Å²) < 4.78 is 5.69. The summed E-state index contributed by atoms with van der Waals surface area (Å²) >= 11 is 0. The summed E-state index contributed by atoms with van der Waals surface area (Å²) in [5.41, 5.74) is 0.792. The Morgan fingerprint density at radius 3 is 2.55 bits per heavy atom. The van der Waals surface area contributed by atoms with Gasteiger partial charge in [0, 0.05) is 11.8 Å². The quantitative estimate of drug-likeness (QED) is 0.661. The average Bonchev–Trinajstić information content (AvgIpc) is 2.49. The first-order valence-corrected chi connectivity index (χ1v) is 7.94. The van der Waals surface area contributed by atoms with Crippen molar-refractivity contribution in [1.82, 2.24) is 4.90 Å². The van der Waals surface area contributed by atoms with Crippen LogP contribution >= 0.6 is 12.4 Å². The Morgan fingerprint density at radius 2 is 1.91 bits per heavy atom. The highest BCUT2D eigenvalue weighted by Crippen LogP contribution is 2.17. The molecule has 0 aliphatic heterocycles. The number of ether oxygens (including phenoxy) is 1. The molecule has 1 aromatic rings. The Balaban J connectivity index is 0.00000441. The summed E-state index contributed by atoms with van der Waals surface area (Å²) in [5, 5.41) is 2.92. The van der Waals surface area contributed by atoms with Gasteiger partial charge < -0.3 is 10.1 Å². The fraction of sp³-hybridized carbons (Fsp3) is 0.588. The van der Waals surface area contributed by atoms with E-state index in [2.05, 4.69) is 31.0 Å². The summed E-state index contributed by atoms with van der Waals surface area (Å²) in [4.78, 5) is 14.0. The minimum atomic E-state index is 0. The molecule has 0 aromatic heterocycles. The van der Waals surface area contributed by atoms with Gasteiger partial charge >= 0.3 is 0 Å². The smallest absolute Gasteiger partial charge is 0.238 e. The van der Waals surface area contributed by atoms with Gasteiger partial charge in [-0.25, -0.2) is 0 Å². The molecule has 0 fully saturated rings. The van der Waals surface area contributed by atoms with E-state index in [4.69, 9.17) is 4.74 Å². The monoisotopic (exact) mass is 328 g/mol. The van der Waals surface area contributed by atoms with Crippen molar-refractivity contribution in [2.75, 3.05) is 31.6 Å². The van der Waals surface area contributed by atoms with Gasteiger partial charge in [-0.1, -0.05) is 39.7 Å². The molecule has 0 spiro atoms. The van der Waals surface area contributed by atoms with Crippen molar-refractivity contribution < 1.29 is 9.53 Å². The van der Waals surface area contributed by atoms with E-state index < -0.39 is 0 Å². The average molecular weight is 329 g/mol. The third-order valence-electron chi connectivity index (χ3n) is 3.40. The molecule has 0 radical (unpaired) electrons. The predicted octanol–water partition coefficient (Wildman–Crippen LogP) is 3.96. The molecule has 0 aliphatic rings. The van der Waals surface area contributed by atoms with Crippen LogP contribution in [0, 0.1) is 0 Å². The molecule has 1 rings (SSSR count). The molecular formula is C17H29ClN2O2. The number of benzene rings is 1. The van der Waals surface area contributed by atoms with E-state index in [0.29, 0.717) is 6.54 Å². The second-order valence-electron chi connectivity index (χ2n) is 5.09. The molecule has 0 saturated heterocycles. The molecule has 126 valence electrons. The first-order valence-electron chi connectivity index (χ1n) is 7.94. The van der Waals surface area contributed by atoms with Gasteiger partial charge in [0.15, 0.2) is 0 Å². The van der Waals surface area contributed by atoms with Crippen molar-refractivity contribution in [3.63, 3.8) is 0 Å². The van der Waals surface area contributed by atoms with Gasteiger partial charge in [-0.3, -0.25) is 9.69 Å². The minimum absolute atomic E-state index is 0. The van der Waals surface area contributed by atoms with Gasteiger partial charge in [-0.15, -0.1) is 12.4 Å². The van der Waals surface area contributed by atoms with E-state index in [1.807, 2.05) is 24.3 Å². The fourth-order valence-corrected chi connectivity index (χ4v) is 2.06. The van der Waals surface area contributed by atoms with Gasteiger partial charge in [0.05, 0.1) is 13.2 Å². The molecule has 0 atom stereocenters. The molecule has 4 nitrogen and oxygen atoms in total. The van der Waals surface area contributed by atoms with E-state index in [1.165, 1.54) is 12.8 Å². The molecule has 5 heteroatoms. The number of amides is 1. The Labute approximate surface area is 140 Å². The Kier molecular flexibility index (Phi) is 11.6. The number of carbonyl (C=O) groups is 1. The second kappa shape index (κ2) is 12.3. The maximum Gasteiger partial charge on any atom is 0.238 e. The highest BCUT2D eigenvalue weighted by atomic mass is 35.5. The largest absolute Gasteiger partial charge is 0.494 e. The predicted molar refractivity (Wildman–Crippen MR) is 95.1 cm³/mol. The molecule has 0 bridgehead atoms. The fourth-order valence-electron chi connectivity index (χ4n) is 2.06. The number of rotatable bonds is 10. The Morgan fingerprint density at radius 1 is 1.18 bits per heavy atom. The van der Waals surface area contributed by atoms with Gasteiger partial charge in [-0.05, 0) is 31.6 Å². The van der Waals surface area contributed by atoms with Crippen molar-refractivity contribution >= 4 is 24.0 Å². The van der Waals surface area contributed by atoms with Gasteiger partial charge in [0.25, 0.3) is 0 Å². The zero-order valence-corrected chi connectivity index (χ0v) is 14.7. The van der Waals surface area contributed by atoms with E-state index in [9.17, 15) is 4.79 Å². The summed E-state index contributed by atoms with van der Waals surface area (Å²) in [6, 6.07) is 7.60. The summed E-state index contributed by atoms with van der Waals surface area (Å²) in [6.45, 7) is 9.20. The number of carbonyl (C=O) groups excluding carboxylic acids is 1. The summed E-state index contributed by atoms with van der Waals surface area (Å²) in [7, 11) is 0. The lowest BCUT2D eigenvalue weighted by Crippen LogP contribution is -2.32. The van der Waals surface area contributed by atoms with Crippen LogP contribution in [0.2, 0.25) is 0 Å². The lowest BCUT2D eigenvalue weighted by molar-refractivity contribution is -0.117. The Bertz CT molecular complexity index is 423. The molecular weight excluding hydrogens is 300 g/mol. The molecule has 1 amide bonds. The van der Waals surface area contributed by atoms with Crippen LogP contribution in [0.1, 0.15) is 40.0 Å². The first kappa shape index (κ1) is 20.7. The normalized spacial score (nSPS) is 10.2. The van der Waals surface area contributed by atoms with Crippen molar-refractivity contribution in [2.45, 2.75) is 40.0 Å². The first-order chi connectivity index (χ1) is 10.2. The zero-order valence-electron chi connectivity index (χ0n) is 13.9. The number of unbranched alkanes of at least 4 members (excludes halogenated alkanes) is 2. The SMILES string of the molecule is CCCCCOc1cccc(NC(=O)CN(CC)CC)c1.Cl. The van der Waals surface area contributed by atoms with Crippen LogP contribution < -0.4 is 10.1 Å². The van der Waals surface area contributed by atoms with Crippen LogP contribution in [0.25, 0.3) is 0 Å². The molecule has 0 aliphatic carbocycles. The number of likely N-dealkylation sites (N-methyl/N-ethyl adjacent to an activating group) is 1. The lowest BCUT2D eigenvalue weighted by Gasteiger charge is -2.17. The number of nitrogens with one attached hydrogen (secondary N) is 1. The van der Waals surface area contributed by atoms with Crippen LogP contribution in [-0.4, -0.2) is 37.0 Å². The Hall–Kier alpha value is -1.26. The summed E-state index contributed by atoms with van der Waals surface area (Å²) in [6.07, 6.45) is 3.43. The molecule has 1 aromatic carbocycles. The molecule has 0 heterocycles. The number of anilines is 1. The van der Waals surface area contributed by atoms with E-state index in [0.717, 1.165) is 37.6 Å². The second-order valence-corrected chi connectivity index (χ2v) is 5.09. The molecule has 22 heavy (non-hydrogen) atoms. The third kappa shape index (κ3) is 8.25. The van der Waals surface area contributed by atoms with Crippen LogP contribution in [0.3, 0.4) is 0 Å². The van der Waals surface area contributed by atoms with Crippen LogP contribution in [0.15, 0.2) is 24.3 Å². The number of hydrogen-bond donors (Lipinski definition) is 1. The highest BCUT2D eigenvalue weighted by molar-refractivity contribution is 5.92. The third-order valence-corrected chi connectivity index (χ3v) is 3.40. The molecule has 0 saturated carbocycles. The number of halogens is 1. The van der Waals surface area contributed by atoms with Crippen molar-refractivity contribution in [3.8, 4) is 5.75 Å². The molecule has 1 N–H and O–H groups in total. The van der Waals surface area contributed by atoms with Crippen LogP contribution in [0.4, 0.5) is 5.69 Å². The minimum Gasteiger partial charge on any atom is -0.494 e. The van der Waals surface area contributed by atoms with Gasteiger partial charge in [0.2, 0.25) is 5.91 Å².